The first kappa shape index (κ1) is 10.4. The highest BCUT2D eigenvalue weighted by atomic mass is 19.4. The number of hydrogen-bond donors (Lipinski definition) is 1. The Kier molecular flexibility index (Phi) is 2.37. The molecule has 0 aromatic heterocycles. The summed E-state index contributed by atoms with van der Waals surface area (Å²) < 4.78 is 36.6. The van der Waals surface area contributed by atoms with Crippen molar-refractivity contribution in [2.24, 2.45) is 0 Å². The van der Waals surface area contributed by atoms with Crippen molar-refractivity contribution in [3.8, 4) is 0 Å². The Labute approximate surface area is 77.9 Å². The Morgan fingerprint density at radius 1 is 1.36 bits per heavy atom. The Morgan fingerprint density at radius 3 is 2.36 bits per heavy atom. The fraction of sp³-hybridized carbons (Fsp3) is 0.125. The van der Waals surface area contributed by atoms with Crippen molar-refractivity contribution in [2.45, 2.75) is 6.18 Å². The fourth-order valence-electron chi connectivity index (χ4n) is 0.936. The number of nitrogens with zero attached hydrogens (tertiary/aromatic N) is 1. The summed E-state index contributed by atoms with van der Waals surface area (Å²) in [6.07, 6.45) is -4.49. The Bertz CT molecular complexity index is 373. The zero-order valence-corrected chi connectivity index (χ0v) is 7.01. The number of nitrogens with two attached hydrogens (primary N) is 1. The second-order valence-corrected chi connectivity index (χ2v) is 2.65. The number of anilines is 1. The number of alkyl halides is 3. The summed E-state index contributed by atoms with van der Waals surface area (Å²) in [7, 11) is 0. The van der Waals surface area contributed by atoms with Gasteiger partial charge in [0.1, 0.15) is 12.4 Å². The van der Waals surface area contributed by atoms with E-state index < -0.39 is 11.7 Å². The SMILES string of the molecule is C=[N+]([O-])c1cc(C(F)(F)F)ccc1N. The highest BCUT2D eigenvalue weighted by Gasteiger charge is 2.31. The van der Waals surface area contributed by atoms with Crippen molar-refractivity contribution in [1.29, 1.82) is 0 Å². The Morgan fingerprint density at radius 2 is 1.93 bits per heavy atom. The van der Waals surface area contributed by atoms with Crippen LogP contribution in [0, 0.1) is 5.21 Å². The van der Waals surface area contributed by atoms with Crippen molar-refractivity contribution in [3.63, 3.8) is 0 Å². The minimum absolute atomic E-state index is 0.0389. The van der Waals surface area contributed by atoms with E-state index >= 15 is 0 Å². The minimum Gasteiger partial charge on any atom is -0.619 e. The molecule has 0 aliphatic carbocycles. The lowest BCUT2D eigenvalue weighted by molar-refractivity contribution is -0.349. The summed E-state index contributed by atoms with van der Waals surface area (Å²) in [4.78, 5) is 0. The molecule has 2 N–H and O–H groups in total. The number of hydrogen-bond acceptors (Lipinski definition) is 2. The predicted molar refractivity (Wildman–Crippen MR) is 46.3 cm³/mol. The monoisotopic (exact) mass is 204 g/mol. The summed E-state index contributed by atoms with van der Waals surface area (Å²) in [6, 6.07) is 2.49. The van der Waals surface area contributed by atoms with Crippen LogP contribution < -0.4 is 5.73 Å². The van der Waals surface area contributed by atoms with E-state index in [1.165, 1.54) is 0 Å². The molecule has 1 aromatic carbocycles. The van der Waals surface area contributed by atoms with Gasteiger partial charge < -0.3 is 10.9 Å². The van der Waals surface area contributed by atoms with Crippen LogP contribution in [0.1, 0.15) is 5.56 Å². The first-order valence-electron chi connectivity index (χ1n) is 3.57. The van der Waals surface area contributed by atoms with Gasteiger partial charge in [-0.1, -0.05) is 0 Å². The maximum Gasteiger partial charge on any atom is 0.416 e. The zero-order valence-electron chi connectivity index (χ0n) is 7.01. The molecule has 0 aliphatic rings. The van der Waals surface area contributed by atoms with Gasteiger partial charge in [-0.05, 0) is 12.1 Å². The quantitative estimate of drug-likeness (QED) is 0.250. The summed E-state index contributed by atoms with van der Waals surface area (Å²) >= 11 is 0. The molecule has 0 saturated carbocycles. The molecule has 0 bridgehead atoms. The van der Waals surface area contributed by atoms with E-state index in [1.807, 2.05) is 0 Å². The molecule has 0 unspecified atom stereocenters. The maximum absolute atomic E-state index is 12.2. The number of halogens is 3. The second kappa shape index (κ2) is 3.21. The van der Waals surface area contributed by atoms with E-state index in [4.69, 9.17) is 5.73 Å². The second-order valence-electron chi connectivity index (χ2n) is 2.65. The topological polar surface area (TPSA) is 52.1 Å². The van der Waals surface area contributed by atoms with Gasteiger partial charge >= 0.3 is 6.18 Å². The predicted octanol–water partition coefficient (Wildman–Crippen LogP) is 2.13. The van der Waals surface area contributed by atoms with E-state index in [2.05, 4.69) is 6.72 Å². The van der Waals surface area contributed by atoms with Crippen LogP contribution in [-0.4, -0.2) is 11.5 Å². The molecule has 0 saturated heterocycles. The molecule has 0 heterocycles. The lowest BCUT2D eigenvalue weighted by atomic mass is 10.1. The number of benzene rings is 1. The standard InChI is InChI=1S/C8H7F3N2O/c1-13(14)7-4-5(8(9,10)11)2-3-6(7)12/h2-4H,1,12H2. The van der Waals surface area contributed by atoms with Gasteiger partial charge in [0.05, 0.1) is 5.56 Å². The van der Waals surface area contributed by atoms with Crippen molar-refractivity contribution < 1.29 is 17.9 Å². The summed E-state index contributed by atoms with van der Waals surface area (Å²) in [5, 5.41) is 10.7. The molecule has 1 rings (SSSR count). The zero-order chi connectivity index (χ0) is 10.9. The van der Waals surface area contributed by atoms with E-state index in [-0.39, 0.29) is 16.1 Å². The first-order chi connectivity index (χ1) is 6.32. The third-order valence-electron chi connectivity index (χ3n) is 1.63. The molecule has 3 nitrogen and oxygen atoms in total. The average molecular weight is 204 g/mol. The summed E-state index contributed by atoms with van der Waals surface area (Å²) in [6.45, 7) is 2.92. The Hall–Kier alpha value is -1.72. The van der Waals surface area contributed by atoms with Crippen LogP contribution in [0.3, 0.4) is 0 Å². The smallest absolute Gasteiger partial charge is 0.416 e. The van der Waals surface area contributed by atoms with Gasteiger partial charge in [-0.3, -0.25) is 0 Å². The third-order valence-corrected chi connectivity index (χ3v) is 1.63. The van der Waals surface area contributed by atoms with Gasteiger partial charge in [0.2, 0.25) is 5.69 Å². The van der Waals surface area contributed by atoms with Crippen molar-refractivity contribution >= 4 is 18.1 Å². The number of rotatable bonds is 1. The van der Waals surface area contributed by atoms with Crippen molar-refractivity contribution in [1.82, 2.24) is 0 Å². The summed E-state index contributed by atoms with van der Waals surface area (Å²) in [5.41, 5.74) is 4.03. The molecule has 0 amide bonds. The van der Waals surface area contributed by atoms with Gasteiger partial charge in [0.15, 0.2) is 0 Å². The van der Waals surface area contributed by atoms with E-state index in [1.54, 1.807) is 0 Å². The van der Waals surface area contributed by atoms with Gasteiger partial charge in [-0.25, -0.2) is 0 Å². The maximum atomic E-state index is 12.2. The lowest BCUT2D eigenvalue weighted by Crippen LogP contribution is -2.06. The van der Waals surface area contributed by atoms with Crippen LogP contribution in [0.4, 0.5) is 24.5 Å². The molecule has 0 aliphatic heterocycles. The van der Waals surface area contributed by atoms with Crippen LogP contribution in [-0.2, 0) is 6.18 Å². The van der Waals surface area contributed by atoms with Crippen molar-refractivity contribution in [3.05, 3.63) is 29.0 Å². The molecule has 6 heteroatoms. The van der Waals surface area contributed by atoms with Crippen molar-refractivity contribution in [2.75, 3.05) is 5.73 Å². The first-order valence-corrected chi connectivity index (χ1v) is 3.57. The Balaban J connectivity index is 3.27. The van der Waals surface area contributed by atoms with Crippen LogP contribution in [0.2, 0.25) is 0 Å². The molecule has 0 atom stereocenters. The van der Waals surface area contributed by atoms with E-state index in [9.17, 15) is 18.4 Å². The highest BCUT2D eigenvalue weighted by molar-refractivity contribution is 5.60. The molecule has 14 heavy (non-hydrogen) atoms. The molecular formula is C8H7F3N2O. The lowest BCUT2D eigenvalue weighted by Gasteiger charge is -2.09. The van der Waals surface area contributed by atoms with Crippen LogP contribution >= 0.6 is 0 Å². The molecule has 1 aromatic rings. The minimum atomic E-state index is -4.49. The molecule has 76 valence electrons. The largest absolute Gasteiger partial charge is 0.619 e. The van der Waals surface area contributed by atoms with Crippen LogP contribution in [0.5, 0.6) is 0 Å². The van der Waals surface area contributed by atoms with Crippen LogP contribution in [0.15, 0.2) is 18.2 Å². The molecule has 0 spiro atoms. The van der Waals surface area contributed by atoms with Gasteiger partial charge in [-0.15, -0.1) is 0 Å². The van der Waals surface area contributed by atoms with Gasteiger partial charge in [-0.2, -0.15) is 17.9 Å². The van der Waals surface area contributed by atoms with Gasteiger partial charge in [0, 0.05) is 6.07 Å². The van der Waals surface area contributed by atoms with E-state index in [0.717, 1.165) is 12.1 Å². The van der Waals surface area contributed by atoms with Gasteiger partial charge in [0.25, 0.3) is 0 Å². The number of nitrogen functional groups attached to an aromatic ring is 1. The summed E-state index contributed by atoms with van der Waals surface area (Å²) in [5.74, 6) is 0. The molecule has 0 fully saturated rings. The highest BCUT2D eigenvalue weighted by Crippen LogP contribution is 2.33. The van der Waals surface area contributed by atoms with Crippen LogP contribution in [0.25, 0.3) is 0 Å². The molecule has 0 radical (unpaired) electrons. The fourth-order valence-corrected chi connectivity index (χ4v) is 0.936. The third kappa shape index (κ3) is 1.95. The van der Waals surface area contributed by atoms with E-state index in [0.29, 0.717) is 6.07 Å². The average Bonchev–Trinajstić information content (AvgIpc) is 2.02. The normalized spacial score (nSPS) is 11.4. The molecular weight excluding hydrogens is 197 g/mol.